The third kappa shape index (κ3) is 3.32. The van der Waals surface area contributed by atoms with Crippen molar-refractivity contribution in [3.63, 3.8) is 0 Å². The summed E-state index contributed by atoms with van der Waals surface area (Å²) in [5.74, 6) is -0.556. The maximum Gasteiger partial charge on any atom is 0.151 e. The number of halogens is 2. The van der Waals surface area contributed by atoms with Crippen molar-refractivity contribution in [2.24, 2.45) is 5.10 Å². The zero-order valence-corrected chi connectivity index (χ0v) is 11.2. The Balaban J connectivity index is 2.13. The highest BCUT2D eigenvalue weighted by Gasteiger charge is 2.03. The Hall–Kier alpha value is -2.43. The number of ether oxygens (including phenoxy) is 1. The van der Waals surface area contributed by atoms with Gasteiger partial charge in [0.05, 0.1) is 18.5 Å². The number of benzene rings is 2. The average Bonchev–Trinajstić information content (AvgIpc) is 2.46. The van der Waals surface area contributed by atoms with Crippen LogP contribution in [0.15, 0.2) is 47.6 Å². The van der Waals surface area contributed by atoms with E-state index in [1.54, 1.807) is 14.0 Å². The minimum atomic E-state index is -0.684. The molecule has 20 heavy (non-hydrogen) atoms. The smallest absolute Gasteiger partial charge is 0.151 e. The highest BCUT2D eigenvalue weighted by molar-refractivity contribution is 5.99. The summed E-state index contributed by atoms with van der Waals surface area (Å²) in [6.45, 7) is 1.79. The van der Waals surface area contributed by atoms with Gasteiger partial charge in [0.1, 0.15) is 11.6 Å². The van der Waals surface area contributed by atoms with Crippen LogP contribution in [-0.4, -0.2) is 12.8 Å². The van der Waals surface area contributed by atoms with Gasteiger partial charge >= 0.3 is 0 Å². The van der Waals surface area contributed by atoms with Crippen molar-refractivity contribution in [1.82, 2.24) is 0 Å². The third-order valence-electron chi connectivity index (χ3n) is 2.78. The Bertz CT molecular complexity index is 624. The van der Waals surface area contributed by atoms with Crippen molar-refractivity contribution in [1.29, 1.82) is 0 Å². The number of methoxy groups -OCH3 is 1. The molecule has 0 amide bonds. The lowest BCUT2D eigenvalue weighted by Gasteiger charge is -2.05. The van der Waals surface area contributed by atoms with Gasteiger partial charge in [-0.15, -0.1) is 0 Å². The van der Waals surface area contributed by atoms with Gasteiger partial charge in [0.15, 0.2) is 5.82 Å². The van der Waals surface area contributed by atoms with Crippen LogP contribution in [0.4, 0.5) is 14.5 Å². The Morgan fingerprint density at radius 2 is 1.80 bits per heavy atom. The highest BCUT2D eigenvalue weighted by Crippen LogP contribution is 2.16. The van der Waals surface area contributed by atoms with Crippen molar-refractivity contribution < 1.29 is 13.5 Å². The van der Waals surface area contributed by atoms with E-state index in [1.807, 2.05) is 24.3 Å². The minimum absolute atomic E-state index is 0.124. The van der Waals surface area contributed by atoms with Gasteiger partial charge in [-0.2, -0.15) is 5.10 Å². The van der Waals surface area contributed by atoms with Crippen molar-refractivity contribution in [2.45, 2.75) is 6.92 Å². The fourth-order valence-electron chi connectivity index (χ4n) is 1.62. The van der Waals surface area contributed by atoms with E-state index >= 15 is 0 Å². The molecule has 0 unspecified atom stereocenters. The standard InChI is InChI=1S/C15H14F2N2O/c1-10(11-3-6-13(20-2)7-4-11)18-19-15-8-5-12(16)9-14(15)17/h3-9,19H,1-2H3. The number of hydrogen-bond donors (Lipinski definition) is 1. The summed E-state index contributed by atoms with van der Waals surface area (Å²) in [4.78, 5) is 0. The number of hydrazone groups is 1. The fraction of sp³-hybridized carbons (Fsp3) is 0.133. The van der Waals surface area contributed by atoms with Gasteiger partial charge in [0.2, 0.25) is 0 Å². The fourth-order valence-corrected chi connectivity index (χ4v) is 1.62. The first kappa shape index (κ1) is 14.0. The summed E-state index contributed by atoms with van der Waals surface area (Å²) >= 11 is 0. The first-order chi connectivity index (χ1) is 9.60. The molecular weight excluding hydrogens is 262 g/mol. The summed E-state index contributed by atoms with van der Waals surface area (Å²) in [5.41, 5.74) is 4.26. The third-order valence-corrected chi connectivity index (χ3v) is 2.78. The molecule has 5 heteroatoms. The SMILES string of the molecule is COc1ccc(C(C)=NNc2ccc(F)cc2F)cc1. The molecule has 0 saturated carbocycles. The van der Waals surface area contributed by atoms with Crippen LogP contribution in [0.1, 0.15) is 12.5 Å². The van der Waals surface area contributed by atoms with E-state index in [9.17, 15) is 8.78 Å². The molecule has 0 aliphatic carbocycles. The monoisotopic (exact) mass is 276 g/mol. The van der Waals surface area contributed by atoms with Crippen LogP contribution in [0.2, 0.25) is 0 Å². The average molecular weight is 276 g/mol. The van der Waals surface area contributed by atoms with E-state index in [1.165, 1.54) is 12.1 Å². The minimum Gasteiger partial charge on any atom is -0.497 e. The molecule has 3 nitrogen and oxygen atoms in total. The molecule has 0 bridgehead atoms. The first-order valence-electron chi connectivity index (χ1n) is 6.00. The van der Waals surface area contributed by atoms with E-state index in [2.05, 4.69) is 10.5 Å². The zero-order chi connectivity index (χ0) is 14.5. The molecule has 0 atom stereocenters. The summed E-state index contributed by atoms with van der Waals surface area (Å²) in [7, 11) is 1.59. The highest BCUT2D eigenvalue weighted by atomic mass is 19.1. The lowest BCUT2D eigenvalue weighted by molar-refractivity contribution is 0.415. The predicted octanol–water partition coefficient (Wildman–Crippen LogP) is 3.81. The summed E-state index contributed by atoms with van der Waals surface area (Å²) in [6.07, 6.45) is 0. The molecule has 0 aromatic heterocycles. The molecule has 0 aliphatic rings. The van der Waals surface area contributed by atoms with Crippen molar-refractivity contribution >= 4 is 11.4 Å². The quantitative estimate of drug-likeness (QED) is 0.680. The van der Waals surface area contributed by atoms with Crippen LogP contribution in [0.25, 0.3) is 0 Å². The van der Waals surface area contributed by atoms with E-state index in [0.717, 1.165) is 17.4 Å². The summed E-state index contributed by atoms with van der Waals surface area (Å²) < 4.78 is 31.2. The lowest BCUT2D eigenvalue weighted by Crippen LogP contribution is -2.01. The zero-order valence-electron chi connectivity index (χ0n) is 11.2. The van der Waals surface area contributed by atoms with Crippen LogP contribution >= 0.6 is 0 Å². The predicted molar refractivity (Wildman–Crippen MR) is 75.2 cm³/mol. The number of nitrogens with zero attached hydrogens (tertiary/aromatic N) is 1. The Morgan fingerprint density at radius 3 is 2.40 bits per heavy atom. The Labute approximate surface area is 115 Å². The molecule has 2 rings (SSSR count). The van der Waals surface area contributed by atoms with Gasteiger partial charge in [-0.1, -0.05) is 0 Å². The molecule has 1 N–H and O–H groups in total. The van der Waals surface area contributed by atoms with Gasteiger partial charge < -0.3 is 4.74 Å². The maximum atomic E-state index is 13.4. The number of nitrogens with one attached hydrogen (secondary N) is 1. The second kappa shape index (κ2) is 6.14. The number of rotatable bonds is 4. The van der Waals surface area contributed by atoms with Crippen molar-refractivity contribution in [3.05, 3.63) is 59.7 Å². The Morgan fingerprint density at radius 1 is 1.10 bits per heavy atom. The molecular formula is C15H14F2N2O. The van der Waals surface area contributed by atoms with Crippen LogP contribution in [0.5, 0.6) is 5.75 Å². The van der Waals surface area contributed by atoms with Crippen LogP contribution in [-0.2, 0) is 0 Å². The molecule has 0 aliphatic heterocycles. The first-order valence-corrected chi connectivity index (χ1v) is 6.00. The topological polar surface area (TPSA) is 33.6 Å². The maximum absolute atomic E-state index is 13.4. The van der Waals surface area contributed by atoms with Gasteiger partial charge in [0, 0.05) is 6.07 Å². The molecule has 0 radical (unpaired) electrons. The van der Waals surface area contributed by atoms with Gasteiger partial charge in [-0.05, 0) is 48.9 Å². The largest absolute Gasteiger partial charge is 0.497 e. The molecule has 0 spiro atoms. The number of anilines is 1. The number of hydrogen-bond acceptors (Lipinski definition) is 3. The molecule has 0 fully saturated rings. The molecule has 104 valence electrons. The molecule has 0 saturated heterocycles. The van der Waals surface area contributed by atoms with Gasteiger partial charge in [-0.3, -0.25) is 5.43 Å². The van der Waals surface area contributed by atoms with Crippen molar-refractivity contribution in [3.8, 4) is 5.75 Å². The van der Waals surface area contributed by atoms with E-state index in [-0.39, 0.29) is 5.69 Å². The van der Waals surface area contributed by atoms with E-state index in [0.29, 0.717) is 5.71 Å². The van der Waals surface area contributed by atoms with Crippen LogP contribution in [0, 0.1) is 11.6 Å². The normalized spacial score (nSPS) is 11.3. The second-order valence-electron chi connectivity index (χ2n) is 4.16. The van der Waals surface area contributed by atoms with Gasteiger partial charge in [0.25, 0.3) is 0 Å². The molecule has 2 aromatic carbocycles. The van der Waals surface area contributed by atoms with Crippen molar-refractivity contribution in [2.75, 3.05) is 12.5 Å². The van der Waals surface area contributed by atoms with Crippen LogP contribution < -0.4 is 10.2 Å². The van der Waals surface area contributed by atoms with E-state index in [4.69, 9.17) is 4.74 Å². The van der Waals surface area contributed by atoms with E-state index < -0.39 is 11.6 Å². The summed E-state index contributed by atoms with van der Waals surface area (Å²) in [6, 6.07) is 10.6. The molecule has 2 aromatic rings. The lowest BCUT2D eigenvalue weighted by atomic mass is 10.1. The van der Waals surface area contributed by atoms with Gasteiger partial charge in [-0.25, -0.2) is 8.78 Å². The molecule has 0 heterocycles. The summed E-state index contributed by atoms with van der Waals surface area (Å²) in [5, 5.41) is 4.07. The second-order valence-corrected chi connectivity index (χ2v) is 4.16. The Kier molecular flexibility index (Phi) is 4.30. The van der Waals surface area contributed by atoms with Crippen LogP contribution in [0.3, 0.4) is 0 Å².